The molecule has 0 bridgehead atoms. The fourth-order valence-corrected chi connectivity index (χ4v) is 4.19. The van der Waals surface area contributed by atoms with Gasteiger partial charge in [0.2, 0.25) is 0 Å². The number of benzene rings is 3. The molecule has 0 amide bonds. The molecule has 1 aliphatic heterocycles. The van der Waals surface area contributed by atoms with Crippen molar-refractivity contribution in [3.8, 4) is 16.8 Å². The number of alkyl halides is 5. The molecule has 39 heavy (non-hydrogen) atoms. The molecule has 0 spiro atoms. The lowest BCUT2D eigenvalue weighted by molar-refractivity contribution is -0.249. The van der Waals surface area contributed by atoms with Crippen LogP contribution in [-0.2, 0) is 0 Å². The molecule has 202 valence electrons. The first-order valence-electron chi connectivity index (χ1n) is 11.1. The van der Waals surface area contributed by atoms with Gasteiger partial charge in [0.1, 0.15) is 41.5 Å². The molecule has 0 radical (unpaired) electrons. The summed E-state index contributed by atoms with van der Waals surface area (Å²) in [6, 6.07) is 7.61. The Hall–Kier alpha value is -4.36. The van der Waals surface area contributed by atoms with E-state index in [0.717, 1.165) is 41.6 Å². The van der Waals surface area contributed by atoms with Crippen molar-refractivity contribution in [2.45, 2.75) is 24.6 Å². The highest BCUT2D eigenvalue weighted by Gasteiger charge is 2.63. The maximum atomic E-state index is 15.0. The van der Waals surface area contributed by atoms with E-state index in [1.54, 1.807) is 0 Å². The fourth-order valence-electron chi connectivity index (χ4n) is 4.19. The highest BCUT2D eigenvalue weighted by atomic mass is 19.4. The summed E-state index contributed by atoms with van der Waals surface area (Å²) in [4.78, 5) is 3.66. The SMILES string of the molecule is Fc1ccc(N2N=C(C(F)(F)C(F)(F)F)CC2c2cccc(-c3cc(F)c(-n4cncn4)cc3F)c2)c(F)c1. The van der Waals surface area contributed by atoms with E-state index in [0.29, 0.717) is 11.1 Å². The van der Waals surface area contributed by atoms with Crippen LogP contribution in [0, 0.1) is 23.3 Å². The monoisotopic (exact) mass is 555 g/mol. The third-order valence-corrected chi connectivity index (χ3v) is 6.07. The first-order valence-corrected chi connectivity index (χ1v) is 11.1. The average Bonchev–Trinajstić information content (AvgIpc) is 3.56. The summed E-state index contributed by atoms with van der Waals surface area (Å²) >= 11 is 0. The fraction of sp³-hybridized carbons (Fsp3) is 0.160. The number of hydrogen-bond acceptors (Lipinski definition) is 4. The Morgan fingerprint density at radius 2 is 1.54 bits per heavy atom. The second-order valence-corrected chi connectivity index (χ2v) is 8.53. The maximum absolute atomic E-state index is 15.0. The number of anilines is 1. The van der Waals surface area contributed by atoms with E-state index in [2.05, 4.69) is 15.2 Å². The minimum atomic E-state index is -5.98. The molecule has 1 aromatic heterocycles. The lowest BCUT2D eigenvalue weighted by Gasteiger charge is -2.25. The van der Waals surface area contributed by atoms with Crippen LogP contribution >= 0.6 is 0 Å². The molecule has 2 heterocycles. The third-order valence-electron chi connectivity index (χ3n) is 6.07. The first kappa shape index (κ1) is 26.3. The van der Waals surface area contributed by atoms with Crippen LogP contribution in [-0.4, -0.2) is 32.6 Å². The molecule has 0 saturated carbocycles. The molecular formula is C25H14F9N5. The maximum Gasteiger partial charge on any atom is 0.459 e. The minimum Gasteiger partial charge on any atom is -0.255 e. The zero-order chi connectivity index (χ0) is 28.1. The summed E-state index contributed by atoms with van der Waals surface area (Å²) in [5.41, 5.74) is -2.57. The summed E-state index contributed by atoms with van der Waals surface area (Å²) in [5.74, 6) is -9.39. The summed E-state index contributed by atoms with van der Waals surface area (Å²) in [7, 11) is 0. The van der Waals surface area contributed by atoms with Crippen LogP contribution in [0.4, 0.5) is 45.2 Å². The molecule has 5 nitrogen and oxygen atoms in total. The molecule has 4 aromatic rings. The van der Waals surface area contributed by atoms with E-state index in [-0.39, 0.29) is 22.4 Å². The molecule has 1 aliphatic rings. The van der Waals surface area contributed by atoms with Gasteiger partial charge in [0.15, 0.2) is 5.82 Å². The van der Waals surface area contributed by atoms with Gasteiger partial charge in [-0.2, -0.15) is 32.2 Å². The van der Waals surface area contributed by atoms with E-state index in [1.165, 1.54) is 24.3 Å². The van der Waals surface area contributed by atoms with Crippen molar-refractivity contribution in [1.29, 1.82) is 0 Å². The lowest BCUT2D eigenvalue weighted by Crippen LogP contribution is -2.43. The van der Waals surface area contributed by atoms with Crippen molar-refractivity contribution in [1.82, 2.24) is 14.8 Å². The Kier molecular flexibility index (Phi) is 6.35. The number of hydrazone groups is 1. The minimum absolute atomic E-state index is 0.0353. The van der Waals surface area contributed by atoms with E-state index < -0.39 is 59.2 Å². The number of hydrogen-bond donors (Lipinski definition) is 0. The van der Waals surface area contributed by atoms with Gasteiger partial charge in [0.05, 0.1) is 11.7 Å². The second kappa shape index (κ2) is 9.43. The zero-order valence-electron chi connectivity index (χ0n) is 19.3. The van der Waals surface area contributed by atoms with Gasteiger partial charge >= 0.3 is 12.1 Å². The molecule has 0 aliphatic carbocycles. The number of aromatic nitrogens is 3. The van der Waals surface area contributed by atoms with Crippen molar-refractivity contribution in [2.24, 2.45) is 5.10 Å². The van der Waals surface area contributed by atoms with Gasteiger partial charge in [-0.3, -0.25) is 5.01 Å². The van der Waals surface area contributed by atoms with Crippen molar-refractivity contribution in [3.05, 3.63) is 96.1 Å². The lowest BCUT2D eigenvalue weighted by atomic mass is 9.95. The van der Waals surface area contributed by atoms with Crippen LogP contribution in [0.2, 0.25) is 0 Å². The molecule has 0 N–H and O–H groups in total. The zero-order valence-corrected chi connectivity index (χ0v) is 19.3. The van der Waals surface area contributed by atoms with Crippen molar-refractivity contribution < 1.29 is 39.5 Å². The molecule has 1 atom stereocenters. The first-order chi connectivity index (χ1) is 18.4. The van der Waals surface area contributed by atoms with Crippen LogP contribution in [0.25, 0.3) is 16.8 Å². The Morgan fingerprint density at radius 1 is 0.795 bits per heavy atom. The summed E-state index contributed by atoms with van der Waals surface area (Å²) in [6.07, 6.45) is -4.71. The van der Waals surface area contributed by atoms with Gasteiger partial charge < -0.3 is 0 Å². The van der Waals surface area contributed by atoms with Crippen molar-refractivity contribution >= 4 is 11.4 Å². The Balaban J connectivity index is 1.58. The van der Waals surface area contributed by atoms with Gasteiger partial charge in [-0.05, 0) is 35.4 Å². The van der Waals surface area contributed by atoms with Gasteiger partial charge in [-0.25, -0.2) is 27.2 Å². The summed E-state index contributed by atoms with van der Waals surface area (Å²) < 4.78 is 127. The highest BCUT2D eigenvalue weighted by molar-refractivity contribution is 5.95. The second-order valence-electron chi connectivity index (χ2n) is 8.53. The number of nitrogens with zero attached hydrogens (tertiary/aromatic N) is 5. The van der Waals surface area contributed by atoms with Gasteiger partial charge in [-0.1, -0.05) is 18.2 Å². The summed E-state index contributed by atoms with van der Waals surface area (Å²) in [6.45, 7) is 0. The molecule has 0 saturated heterocycles. The standard InChI is InChI=1S/C25H14F9N5/c26-15-4-5-20(18(28)7-15)39-21(10-23(37-39)24(30,31)25(32,33)34)14-3-1-2-13(6-14)16-8-19(29)22(9-17(16)27)38-12-35-11-36-38/h1-9,11-12,21H,10H2. The van der Waals surface area contributed by atoms with Gasteiger partial charge in [-0.15, -0.1) is 0 Å². The van der Waals surface area contributed by atoms with Crippen molar-refractivity contribution in [2.75, 3.05) is 5.01 Å². The van der Waals surface area contributed by atoms with Crippen LogP contribution in [0.5, 0.6) is 0 Å². The normalized spacial score (nSPS) is 16.1. The Labute approximate surface area is 213 Å². The Morgan fingerprint density at radius 3 is 2.21 bits per heavy atom. The smallest absolute Gasteiger partial charge is 0.255 e. The number of rotatable bonds is 5. The van der Waals surface area contributed by atoms with Crippen LogP contribution in [0.3, 0.4) is 0 Å². The van der Waals surface area contributed by atoms with Gasteiger partial charge in [0.25, 0.3) is 0 Å². The molecule has 14 heteroatoms. The largest absolute Gasteiger partial charge is 0.459 e. The molecular weight excluding hydrogens is 541 g/mol. The Bertz CT molecular complexity index is 1560. The van der Waals surface area contributed by atoms with Crippen molar-refractivity contribution in [3.63, 3.8) is 0 Å². The van der Waals surface area contributed by atoms with Crippen LogP contribution < -0.4 is 5.01 Å². The predicted molar refractivity (Wildman–Crippen MR) is 121 cm³/mol. The predicted octanol–water partition coefficient (Wildman–Crippen LogP) is 7.00. The van der Waals surface area contributed by atoms with Crippen LogP contribution in [0.1, 0.15) is 18.0 Å². The molecule has 1 unspecified atom stereocenters. The van der Waals surface area contributed by atoms with Gasteiger partial charge in [0, 0.05) is 24.1 Å². The quantitative estimate of drug-likeness (QED) is 0.249. The molecule has 5 rings (SSSR count). The average molecular weight is 555 g/mol. The van der Waals surface area contributed by atoms with E-state index in [4.69, 9.17) is 0 Å². The van der Waals surface area contributed by atoms with E-state index in [9.17, 15) is 35.1 Å². The molecule has 3 aromatic carbocycles. The third kappa shape index (κ3) is 4.70. The molecule has 0 fully saturated rings. The summed E-state index contributed by atoms with van der Waals surface area (Å²) in [5, 5.41) is 7.71. The van der Waals surface area contributed by atoms with Crippen LogP contribution in [0.15, 0.2) is 72.4 Å². The topological polar surface area (TPSA) is 46.3 Å². The van der Waals surface area contributed by atoms with E-state index >= 15 is 4.39 Å². The van der Waals surface area contributed by atoms with E-state index in [1.807, 2.05) is 0 Å². The number of halogens is 9. The highest BCUT2D eigenvalue weighted by Crippen LogP contribution is 2.45.